The quantitative estimate of drug-likeness (QED) is 0.356. The Labute approximate surface area is 184 Å². The number of ketones is 1. The number of carbonyl (C=O) groups is 1. The van der Waals surface area contributed by atoms with Gasteiger partial charge in [-0.15, -0.1) is 0 Å². The summed E-state index contributed by atoms with van der Waals surface area (Å²) in [4.78, 5) is 21.4. The van der Waals surface area contributed by atoms with Crippen molar-refractivity contribution in [2.75, 3.05) is 0 Å². The average molecular weight is 414 g/mol. The lowest BCUT2D eigenvalue weighted by Gasteiger charge is -2.06. The SMILES string of the molecule is O=C1c2ccccc2-c2ccc(-c3nc(-c4ccc(O)cc4)[nH]c3-c3ccccc3)cc21. The van der Waals surface area contributed by atoms with E-state index < -0.39 is 0 Å². The molecule has 5 aromatic rings. The second-order valence-corrected chi connectivity index (χ2v) is 7.86. The Kier molecular flexibility index (Phi) is 4.05. The van der Waals surface area contributed by atoms with Crippen molar-refractivity contribution < 1.29 is 9.90 Å². The van der Waals surface area contributed by atoms with Crippen molar-refractivity contribution >= 4 is 5.78 Å². The number of carbonyl (C=O) groups excluding carboxylic acids is 1. The monoisotopic (exact) mass is 414 g/mol. The lowest BCUT2D eigenvalue weighted by molar-refractivity contribution is 0.104. The van der Waals surface area contributed by atoms with Crippen molar-refractivity contribution in [1.82, 2.24) is 9.97 Å². The highest BCUT2D eigenvalue weighted by Crippen LogP contribution is 2.40. The summed E-state index contributed by atoms with van der Waals surface area (Å²) in [5.41, 5.74) is 7.82. The molecule has 0 unspecified atom stereocenters. The molecule has 0 amide bonds. The van der Waals surface area contributed by atoms with Crippen molar-refractivity contribution in [3.8, 4) is 50.8 Å². The van der Waals surface area contributed by atoms with Crippen LogP contribution in [0, 0.1) is 0 Å². The number of hydrogen-bond donors (Lipinski definition) is 2. The van der Waals surface area contributed by atoms with E-state index in [1.54, 1.807) is 12.1 Å². The first-order valence-electron chi connectivity index (χ1n) is 10.4. The molecule has 4 nitrogen and oxygen atoms in total. The standard InChI is InChI=1S/C28H18N2O2/c31-20-13-10-18(11-14-20)28-29-25(17-6-2-1-3-7-17)26(30-28)19-12-15-22-21-8-4-5-9-23(21)27(32)24(22)16-19/h1-16,31H,(H,29,30). The summed E-state index contributed by atoms with van der Waals surface area (Å²) in [6.45, 7) is 0. The van der Waals surface area contributed by atoms with Crippen LogP contribution >= 0.6 is 0 Å². The first kappa shape index (κ1) is 18.3. The Morgan fingerprint density at radius 1 is 0.625 bits per heavy atom. The van der Waals surface area contributed by atoms with Crippen LogP contribution < -0.4 is 0 Å². The molecule has 0 atom stereocenters. The van der Waals surface area contributed by atoms with Gasteiger partial charge in [-0.25, -0.2) is 4.98 Å². The van der Waals surface area contributed by atoms with Crippen LogP contribution in [0.2, 0.25) is 0 Å². The van der Waals surface area contributed by atoms with E-state index in [1.807, 2.05) is 84.9 Å². The second-order valence-electron chi connectivity index (χ2n) is 7.86. The number of aromatic nitrogens is 2. The molecule has 0 aliphatic heterocycles. The van der Waals surface area contributed by atoms with Gasteiger partial charge in [-0.1, -0.05) is 66.7 Å². The number of nitrogens with one attached hydrogen (secondary N) is 1. The zero-order valence-electron chi connectivity index (χ0n) is 17.0. The molecule has 0 bridgehead atoms. The number of rotatable bonds is 3. The first-order chi connectivity index (χ1) is 15.7. The molecule has 0 spiro atoms. The first-order valence-corrected chi connectivity index (χ1v) is 10.4. The molecule has 4 heteroatoms. The van der Waals surface area contributed by atoms with Crippen LogP contribution in [0.15, 0.2) is 97.1 Å². The van der Waals surface area contributed by atoms with Crippen LogP contribution in [0.4, 0.5) is 0 Å². The fraction of sp³-hybridized carbons (Fsp3) is 0. The maximum Gasteiger partial charge on any atom is 0.194 e. The van der Waals surface area contributed by atoms with Gasteiger partial charge in [0.15, 0.2) is 5.78 Å². The van der Waals surface area contributed by atoms with Gasteiger partial charge in [0.05, 0.1) is 11.4 Å². The van der Waals surface area contributed by atoms with E-state index in [1.165, 1.54) is 0 Å². The number of aromatic hydroxyl groups is 1. The Balaban J connectivity index is 1.53. The predicted octanol–water partition coefficient (Wildman–Crippen LogP) is 6.33. The van der Waals surface area contributed by atoms with Crippen LogP contribution in [0.5, 0.6) is 5.75 Å². The lowest BCUT2D eigenvalue weighted by atomic mass is 9.99. The molecule has 1 aliphatic rings. The fourth-order valence-corrected chi connectivity index (χ4v) is 4.33. The average Bonchev–Trinajstić information content (AvgIpc) is 3.41. The van der Waals surface area contributed by atoms with Crippen LogP contribution in [-0.4, -0.2) is 20.9 Å². The smallest absolute Gasteiger partial charge is 0.194 e. The third-order valence-electron chi connectivity index (χ3n) is 5.91. The van der Waals surface area contributed by atoms with Gasteiger partial charge >= 0.3 is 0 Å². The molecule has 4 aromatic carbocycles. The molecule has 1 heterocycles. The third-order valence-corrected chi connectivity index (χ3v) is 5.91. The molecule has 0 saturated heterocycles. The van der Waals surface area contributed by atoms with Gasteiger partial charge < -0.3 is 10.1 Å². The van der Waals surface area contributed by atoms with E-state index in [2.05, 4.69) is 4.98 Å². The third kappa shape index (κ3) is 2.85. The molecule has 152 valence electrons. The van der Waals surface area contributed by atoms with Crippen molar-refractivity contribution in [1.29, 1.82) is 0 Å². The van der Waals surface area contributed by atoms with Crippen molar-refractivity contribution in [2.24, 2.45) is 0 Å². The number of benzene rings is 4. The van der Waals surface area contributed by atoms with Crippen LogP contribution in [0.1, 0.15) is 15.9 Å². The molecule has 0 saturated carbocycles. The van der Waals surface area contributed by atoms with E-state index >= 15 is 0 Å². The molecule has 0 radical (unpaired) electrons. The van der Waals surface area contributed by atoms with Gasteiger partial charge in [-0.05, 0) is 41.5 Å². The van der Waals surface area contributed by atoms with E-state index in [4.69, 9.17) is 4.98 Å². The maximum absolute atomic E-state index is 13.0. The molecule has 32 heavy (non-hydrogen) atoms. The minimum Gasteiger partial charge on any atom is -0.508 e. The summed E-state index contributed by atoms with van der Waals surface area (Å²) in [6.07, 6.45) is 0. The maximum atomic E-state index is 13.0. The van der Waals surface area contributed by atoms with Crippen LogP contribution in [0.25, 0.3) is 45.0 Å². The zero-order valence-corrected chi connectivity index (χ0v) is 17.0. The Bertz CT molecular complexity index is 1480. The van der Waals surface area contributed by atoms with Gasteiger partial charge in [0, 0.05) is 27.8 Å². The van der Waals surface area contributed by atoms with E-state index in [0.717, 1.165) is 44.8 Å². The topological polar surface area (TPSA) is 66.0 Å². The number of fused-ring (bicyclic) bond motifs is 3. The van der Waals surface area contributed by atoms with Gasteiger partial charge in [0.1, 0.15) is 11.6 Å². The van der Waals surface area contributed by atoms with Gasteiger partial charge in [-0.3, -0.25) is 4.79 Å². The Hall–Kier alpha value is -4.44. The summed E-state index contributed by atoms with van der Waals surface area (Å²) >= 11 is 0. The van der Waals surface area contributed by atoms with Crippen LogP contribution in [0.3, 0.4) is 0 Å². The van der Waals surface area contributed by atoms with Gasteiger partial charge in [0.25, 0.3) is 0 Å². The molecule has 0 fully saturated rings. The molecular weight excluding hydrogens is 396 g/mol. The number of hydrogen-bond acceptors (Lipinski definition) is 3. The number of nitrogens with zero attached hydrogens (tertiary/aromatic N) is 1. The highest BCUT2D eigenvalue weighted by atomic mass is 16.3. The molecular formula is C28H18N2O2. The highest BCUT2D eigenvalue weighted by Gasteiger charge is 2.27. The van der Waals surface area contributed by atoms with Crippen LogP contribution in [-0.2, 0) is 0 Å². The number of phenolic OH excluding ortho intramolecular Hbond substituents is 1. The largest absolute Gasteiger partial charge is 0.508 e. The number of phenols is 1. The minimum atomic E-state index is 0.0491. The highest BCUT2D eigenvalue weighted by molar-refractivity contribution is 6.22. The summed E-state index contributed by atoms with van der Waals surface area (Å²) in [5, 5.41) is 9.65. The Morgan fingerprint density at radius 3 is 2.06 bits per heavy atom. The number of imidazole rings is 1. The van der Waals surface area contributed by atoms with E-state index in [0.29, 0.717) is 11.4 Å². The normalized spacial score (nSPS) is 11.9. The summed E-state index contributed by atoms with van der Waals surface area (Å²) < 4.78 is 0. The molecule has 1 aliphatic carbocycles. The van der Waals surface area contributed by atoms with Crippen molar-refractivity contribution in [3.05, 3.63) is 108 Å². The summed E-state index contributed by atoms with van der Waals surface area (Å²) in [6, 6.07) is 30.7. The number of aromatic amines is 1. The van der Waals surface area contributed by atoms with Crippen molar-refractivity contribution in [2.45, 2.75) is 0 Å². The predicted molar refractivity (Wildman–Crippen MR) is 125 cm³/mol. The molecule has 2 N–H and O–H groups in total. The summed E-state index contributed by atoms with van der Waals surface area (Å²) in [7, 11) is 0. The molecule has 6 rings (SSSR count). The second kappa shape index (κ2) is 7.06. The van der Waals surface area contributed by atoms with E-state index in [-0.39, 0.29) is 11.5 Å². The minimum absolute atomic E-state index is 0.0491. The fourth-order valence-electron chi connectivity index (χ4n) is 4.33. The van der Waals surface area contributed by atoms with Gasteiger partial charge in [-0.2, -0.15) is 0 Å². The summed E-state index contributed by atoms with van der Waals surface area (Å²) in [5.74, 6) is 0.961. The van der Waals surface area contributed by atoms with Gasteiger partial charge in [0.2, 0.25) is 0 Å². The Morgan fingerprint density at radius 2 is 1.28 bits per heavy atom. The van der Waals surface area contributed by atoms with Crippen molar-refractivity contribution in [3.63, 3.8) is 0 Å². The molecule has 1 aromatic heterocycles. The van der Waals surface area contributed by atoms with E-state index in [9.17, 15) is 9.90 Å². The number of H-pyrrole nitrogens is 1. The lowest BCUT2D eigenvalue weighted by Crippen LogP contribution is -1.95. The zero-order chi connectivity index (χ0) is 21.7.